The van der Waals surface area contributed by atoms with Gasteiger partial charge in [0, 0.05) is 10.4 Å². The molecule has 1 heterocycles. The standard InChI is InChI=1S/C10H7Cl3N2/c1-4-8(13)9(14)6-2-5(11)3-7(12)10(6)15-4/h2-3H,1H3,(H2,14,15). The lowest BCUT2D eigenvalue weighted by Crippen LogP contribution is -1.95. The second-order valence-corrected chi connectivity index (χ2v) is 4.43. The van der Waals surface area contributed by atoms with Crippen molar-refractivity contribution in [2.75, 3.05) is 5.73 Å². The number of rotatable bonds is 0. The van der Waals surface area contributed by atoms with E-state index in [0.29, 0.717) is 37.4 Å². The molecule has 0 saturated heterocycles. The van der Waals surface area contributed by atoms with Gasteiger partial charge >= 0.3 is 0 Å². The Morgan fingerprint density at radius 2 is 1.87 bits per heavy atom. The second kappa shape index (κ2) is 3.71. The Kier molecular flexibility index (Phi) is 2.67. The minimum atomic E-state index is 0.445. The van der Waals surface area contributed by atoms with E-state index < -0.39 is 0 Å². The van der Waals surface area contributed by atoms with Gasteiger partial charge < -0.3 is 5.73 Å². The lowest BCUT2D eigenvalue weighted by Gasteiger charge is -2.08. The van der Waals surface area contributed by atoms with Gasteiger partial charge in [-0.25, -0.2) is 4.98 Å². The van der Waals surface area contributed by atoms with Gasteiger partial charge in [0.05, 0.1) is 26.9 Å². The van der Waals surface area contributed by atoms with E-state index in [1.54, 1.807) is 19.1 Å². The van der Waals surface area contributed by atoms with Crippen LogP contribution in [0.15, 0.2) is 12.1 Å². The van der Waals surface area contributed by atoms with Crippen LogP contribution in [-0.4, -0.2) is 4.98 Å². The van der Waals surface area contributed by atoms with Crippen molar-refractivity contribution in [3.05, 3.63) is 32.9 Å². The molecule has 0 unspecified atom stereocenters. The predicted molar refractivity (Wildman–Crippen MR) is 65.9 cm³/mol. The number of hydrogen-bond acceptors (Lipinski definition) is 2. The molecule has 5 heteroatoms. The van der Waals surface area contributed by atoms with Crippen LogP contribution in [0.2, 0.25) is 15.1 Å². The van der Waals surface area contributed by atoms with Crippen molar-refractivity contribution in [3.8, 4) is 0 Å². The Bertz CT molecular complexity index is 552. The number of anilines is 1. The molecule has 0 spiro atoms. The number of nitrogen functional groups attached to an aromatic ring is 1. The average Bonchev–Trinajstić information content (AvgIpc) is 2.17. The first-order chi connectivity index (χ1) is 7.00. The molecule has 1 aromatic heterocycles. The van der Waals surface area contributed by atoms with Crippen LogP contribution in [-0.2, 0) is 0 Å². The molecule has 2 N–H and O–H groups in total. The third-order valence-corrected chi connectivity index (χ3v) is 3.14. The van der Waals surface area contributed by atoms with Crippen LogP contribution in [0.5, 0.6) is 0 Å². The molecule has 0 atom stereocenters. The van der Waals surface area contributed by atoms with Gasteiger partial charge in [0.1, 0.15) is 0 Å². The molecule has 0 radical (unpaired) electrons. The molecule has 0 amide bonds. The molecular weight excluding hydrogens is 254 g/mol. The van der Waals surface area contributed by atoms with E-state index in [1.807, 2.05) is 0 Å². The van der Waals surface area contributed by atoms with Gasteiger partial charge in [0.2, 0.25) is 0 Å². The maximum atomic E-state index is 6.01. The Hall–Kier alpha value is -0.700. The monoisotopic (exact) mass is 260 g/mol. The van der Waals surface area contributed by atoms with E-state index >= 15 is 0 Å². The van der Waals surface area contributed by atoms with E-state index in [4.69, 9.17) is 40.5 Å². The van der Waals surface area contributed by atoms with Crippen molar-refractivity contribution in [1.82, 2.24) is 4.98 Å². The summed E-state index contributed by atoms with van der Waals surface area (Å²) >= 11 is 17.9. The third-order valence-electron chi connectivity index (χ3n) is 2.15. The highest BCUT2D eigenvalue weighted by atomic mass is 35.5. The lowest BCUT2D eigenvalue weighted by atomic mass is 10.1. The molecule has 0 bridgehead atoms. The number of aryl methyl sites for hydroxylation is 1. The summed E-state index contributed by atoms with van der Waals surface area (Å²) in [7, 11) is 0. The molecule has 0 aliphatic rings. The largest absolute Gasteiger partial charge is 0.397 e. The van der Waals surface area contributed by atoms with Gasteiger partial charge in [-0.05, 0) is 19.1 Å². The highest BCUT2D eigenvalue weighted by molar-refractivity contribution is 6.40. The van der Waals surface area contributed by atoms with E-state index in [9.17, 15) is 0 Å². The highest BCUT2D eigenvalue weighted by Crippen LogP contribution is 2.34. The Labute approximate surface area is 102 Å². The summed E-state index contributed by atoms with van der Waals surface area (Å²) < 4.78 is 0. The lowest BCUT2D eigenvalue weighted by molar-refractivity contribution is 1.26. The highest BCUT2D eigenvalue weighted by Gasteiger charge is 2.11. The van der Waals surface area contributed by atoms with Crippen LogP contribution in [0.4, 0.5) is 5.69 Å². The maximum Gasteiger partial charge on any atom is 0.0914 e. The second-order valence-electron chi connectivity index (χ2n) is 3.21. The molecule has 78 valence electrons. The van der Waals surface area contributed by atoms with Crippen LogP contribution >= 0.6 is 34.8 Å². The van der Waals surface area contributed by atoms with Crippen molar-refractivity contribution in [3.63, 3.8) is 0 Å². The van der Waals surface area contributed by atoms with Gasteiger partial charge in [-0.1, -0.05) is 34.8 Å². The normalized spacial score (nSPS) is 10.9. The number of hydrogen-bond donors (Lipinski definition) is 1. The van der Waals surface area contributed by atoms with Crippen molar-refractivity contribution in [2.45, 2.75) is 6.92 Å². The summed E-state index contributed by atoms with van der Waals surface area (Å²) in [5.41, 5.74) is 7.61. The SMILES string of the molecule is Cc1nc2c(Cl)cc(Cl)cc2c(N)c1Cl. The molecule has 2 nitrogen and oxygen atoms in total. The quantitative estimate of drug-likeness (QED) is 0.776. The first kappa shape index (κ1) is 10.8. The fourth-order valence-electron chi connectivity index (χ4n) is 1.41. The molecule has 2 rings (SSSR count). The molecule has 1 aromatic carbocycles. The first-order valence-corrected chi connectivity index (χ1v) is 5.34. The van der Waals surface area contributed by atoms with Gasteiger partial charge in [0.15, 0.2) is 0 Å². The molecular formula is C10H7Cl3N2. The van der Waals surface area contributed by atoms with Gasteiger partial charge in [-0.15, -0.1) is 0 Å². The topological polar surface area (TPSA) is 38.9 Å². The Balaban J connectivity index is 2.98. The summed E-state index contributed by atoms with van der Waals surface area (Å²) in [6.07, 6.45) is 0. The number of aromatic nitrogens is 1. The van der Waals surface area contributed by atoms with Crippen molar-refractivity contribution in [2.24, 2.45) is 0 Å². The number of pyridine rings is 1. The van der Waals surface area contributed by atoms with Crippen molar-refractivity contribution in [1.29, 1.82) is 0 Å². The van der Waals surface area contributed by atoms with Crippen LogP contribution in [0.1, 0.15) is 5.69 Å². The summed E-state index contributed by atoms with van der Waals surface area (Å²) in [6.45, 7) is 1.78. The summed E-state index contributed by atoms with van der Waals surface area (Å²) in [5.74, 6) is 0. The number of fused-ring (bicyclic) bond motifs is 1. The van der Waals surface area contributed by atoms with Crippen molar-refractivity contribution < 1.29 is 0 Å². The predicted octanol–water partition coefficient (Wildman–Crippen LogP) is 4.09. The van der Waals surface area contributed by atoms with E-state index in [2.05, 4.69) is 4.98 Å². The first-order valence-electron chi connectivity index (χ1n) is 4.21. The third kappa shape index (κ3) is 1.73. The van der Waals surface area contributed by atoms with E-state index in [0.717, 1.165) is 0 Å². The number of benzene rings is 1. The average molecular weight is 262 g/mol. The molecule has 15 heavy (non-hydrogen) atoms. The van der Waals surface area contributed by atoms with Gasteiger partial charge in [0.25, 0.3) is 0 Å². The van der Waals surface area contributed by atoms with E-state index in [1.165, 1.54) is 0 Å². The molecule has 0 aliphatic carbocycles. The Morgan fingerprint density at radius 1 is 1.20 bits per heavy atom. The maximum absolute atomic E-state index is 6.01. The zero-order chi connectivity index (χ0) is 11.2. The van der Waals surface area contributed by atoms with Crippen molar-refractivity contribution >= 4 is 51.4 Å². The minimum absolute atomic E-state index is 0.445. The fraction of sp³-hybridized carbons (Fsp3) is 0.100. The number of nitrogens with two attached hydrogens (primary N) is 1. The zero-order valence-electron chi connectivity index (χ0n) is 7.81. The number of halogens is 3. The fourth-order valence-corrected chi connectivity index (χ4v) is 2.09. The summed E-state index contributed by atoms with van der Waals surface area (Å²) in [5, 5.41) is 2.12. The summed E-state index contributed by atoms with van der Waals surface area (Å²) in [6, 6.07) is 3.33. The Morgan fingerprint density at radius 3 is 2.53 bits per heavy atom. The van der Waals surface area contributed by atoms with Crippen LogP contribution in [0, 0.1) is 6.92 Å². The smallest absolute Gasteiger partial charge is 0.0914 e. The van der Waals surface area contributed by atoms with Gasteiger partial charge in [-0.3, -0.25) is 0 Å². The minimum Gasteiger partial charge on any atom is -0.397 e. The molecule has 0 saturated carbocycles. The molecule has 0 aliphatic heterocycles. The molecule has 2 aromatic rings. The zero-order valence-corrected chi connectivity index (χ0v) is 10.1. The van der Waals surface area contributed by atoms with E-state index in [-0.39, 0.29) is 0 Å². The summed E-state index contributed by atoms with van der Waals surface area (Å²) in [4.78, 5) is 4.27. The van der Waals surface area contributed by atoms with Crippen LogP contribution in [0.25, 0.3) is 10.9 Å². The van der Waals surface area contributed by atoms with Crippen LogP contribution in [0.3, 0.4) is 0 Å². The van der Waals surface area contributed by atoms with Gasteiger partial charge in [-0.2, -0.15) is 0 Å². The van der Waals surface area contributed by atoms with Crippen LogP contribution < -0.4 is 5.73 Å². The molecule has 0 fully saturated rings. The number of nitrogens with zero attached hydrogens (tertiary/aromatic N) is 1.